The zero-order valence-corrected chi connectivity index (χ0v) is 8.50. The van der Waals surface area contributed by atoms with Crippen molar-refractivity contribution in [1.82, 2.24) is 4.90 Å². The Morgan fingerprint density at radius 2 is 1.70 bits per heavy atom. The minimum atomic E-state index is 0. The molecule has 0 aromatic carbocycles. The van der Waals surface area contributed by atoms with Gasteiger partial charge in [-0.25, -0.2) is 0 Å². The summed E-state index contributed by atoms with van der Waals surface area (Å²) in [6, 6.07) is 0. The van der Waals surface area contributed by atoms with Crippen LogP contribution in [0.15, 0.2) is 0 Å². The van der Waals surface area contributed by atoms with Crippen molar-refractivity contribution in [3.8, 4) is 0 Å². The number of hydrogen-bond donors (Lipinski definition) is 0. The van der Waals surface area contributed by atoms with Gasteiger partial charge in [-0.3, -0.25) is 0 Å². The maximum atomic E-state index is 5.79. The zero-order valence-electron chi connectivity index (χ0n) is 6.93. The highest BCUT2D eigenvalue weighted by Crippen LogP contribution is 1.97. The van der Waals surface area contributed by atoms with Crippen molar-refractivity contribution in [3.63, 3.8) is 0 Å². The third-order valence-electron chi connectivity index (χ3n) is 1.40. The lowest BCUT2D eigenvalue weighted by atomic mass is 10.4. The third-order valence-corrected chi connectivity index (χ3v) is 1.54. The van der Waals surface area contributed by atoms with E-state index in [1.54, 1.807) is 0 Å². The van der Waals surface area contributed by atoms with Gasteiger partial charge in [0.05, 0.1) is 0 Å². The molecule has 0 bridgehead atoms. The van der Waals surface area contributed by atoms with E-state index in [2.05, 4.69) is 18.7 Å². The maximum absolute atomic E-state index is 5.79. The molecule has 0 heterocycles. The number of hydrogen-bond acceptors (Lipinski definition) is 1. The summed E-state index contributed by atoms with van der Waals surface area (Å²) in [5.41, 5.74) is 0. The van der Waals surface area contributed by atoms with Crippen LogP contribution in [0.4, 0.5) is 0 Å². The van der Waals surface area contributed by atoms with Crippen LogP contribution in [0.3, 0.4) is 0 Å². The van der Waals surface area contributed by atoms with Gasteiger partial charge in [0, 0.05) is 11.9 Å². The van der Waals surface area contributed by atoms with Crippen LogP contribution in [-0.4, -0.2) is 29.9 Å². The Kier molecular flexibility index (Phi) is 10.1. The summed E-state index contributed by atoms with van der Waals surface area (Å²) in [6.45, 7) is 9.56. The fourth-order valence-electron chi connectivity index (χ4n) is 0.838. The summed E-state index contributed by atoms with van der Waals surface area (Å²) in [7, 11) is 0. The molecule has 64 valence electrons. The summed E-state index contributed by atoms with van der Waals surface area (Å²) >= 11 is 5.79. The molecule has 0 aromatic heterocycles. The van der Waals surface area contributed by atoms with E-state index in [9.17, 15) is 0 Å². The standard InChI is InChI=1S/C7H16ClN.ClH/c1-4-9(5-2)6-7(3)8;/h7H,4-6H2,1-3H3;1H. The molecule has 10 heavy (non-hydrogen) atoms. The van der Waals surface area contributed by atoms with Crippen LogP contribution in [0.5, 0.6) is 0 Å². The Morgan fingerprint density at radius 3 is 1.80 bits per heavy atom. The van der Waals surface area contributed by atoms with E-state index in [0.717, 1.165) is 19.6 Å². The van der Waals surface area contributed by atoms with Gasteiger partial charge in [0.1, 0.15) is 0 Å². The lowest BCUT2D eigenvalue weighted by Crippen LogP contribution is -2.28. The van der Waals surface area contributed by atoms with E-state index in [4.69, 9.17) is 11.6 Å². The van der Waals surface area contributed by atoms with E-state index in [-0.39, 0.29) is 17.8 Å². The van der Waals surface area contributed by atoms with Crippen LogP contribution in [0, 0.1) is 0 Å². The normalized spacial score (nSPS) is 12.9. The topological polar surface area (TPSA) is 3.24 Å². The molecule has 0 amide bonds. The Bertz CT molecular complexity index is 62.6. The molecule has 3 heteroatoms. The minimum absolute atomic E-state index is 0. The lowest BCUT2D eigenvalue weighted by Gasteiger charge is -2.18. The molecule has 0 saturated heterocycles. The van der Waals surface area contributed by atoms with Gasteiger partial charge >= 0.3 is 0 Å². The van der Waals surface area contributed by atoms with Gasteiger partial charge in [0.2, 0.25) is 0 Å². The highest BCUT2D eigenvalue weighted by molar-refractivity contribution is 6.20. The molecule has 0 rings (SSSR count). The number of alkyl halides is 1. The summed E-state index contributed by atoms with van der Waals surface area (Å²) < 4.78 is 0. The van der Waals surface area contributed by atoms with Crippen molar-refractivity contribution < 1.29 is 0 Å². The van der Waals surface area contributed by atoms with Gasteiger partial charge in [-0.05, 0) is 20.0 Å². The fourth-order valence-corrected chi connectivity index (χ4v) is 1.03. The van der Waals surface area contributed by atoms with Crippen LogP contribution in [-0.2, 0) is 0 Å². The van der Waals surface area contributed by atoms with Crippen LogP contribution < -0.4 is 0 Å². The number of rotatable bonds is 4. The predicted octanol–water partition coefficient (Wildman–Crippen LogP) is 2.38. The van der Waals surface area contributed by atoms with Crippen molar-refractivity contribution >= 4 is 24.0 Å². The van der Waals surface area contributed by atoms with E-state index in [0.29, 0.717) is 0 Å². The minimum Gasteiger partial charge on any atom is -0.302 e. The molecule has 0 aliphatic rings. The smallest absolute Gasteiger partial charge is 0.0435 e. The quantitative estimate of drug-likeness (QED) is 0.609. The molecule has 1 nitrogen and oxygen atoms in total. The summed E-state index contributed by atoms with van der Waals surface area (Å²) in [6.07, 6.45) is 0. The van der Waals surface area contributed by atoms with Crippen LogP contribution in [0.25, 0.3) is 0 Å². The van der Waals surface area contributed by atoms with Crippen LogP contribution >= 0.6 is 24.0 Å². The highest BCUT2D eigenvalue weighted by Gasteiger charge is 2.01. The molecule has 0 aliphatic carbocycles. The lowest BCUT2D eigenvalue weighted by molar-refractivity contribution is 0.307. The monoisotopic (exact) mass is 185 g/mol. The van der Waals surface area contributed by atoms with Gasteiger partial charge < -0.3 is 4.90 Å². The van der Waals surface area contributed by atoms with Crippen LogP contribution in [0.1, 0.15) is 20.8 Å². The number of nitrogens with zero attached hydrogens (tertiary/aromatic N) is 1. The first kappa shape index (κ1) is 13.2. The maximum Gasteiger partial charge on any atom is 0.0435 e. The predicted molar refractivity (Wildman–Crippen MR) is 50.4 cm³/mol. The molecule has 0 radical (unpaired) electrons. The summed E-state index contributed by atoms with van der Waals surface area (Å²) in [5, 5.41) is 0.282. The van der Waals surface area contributed by atoms with Gasteiger partial charge in [0.15, 0.2) is 0 Å². The van der Waals surface area contributed by atoms with Crippen molar-refractivity contribution in [2.24, 2.45) is 0 Å². The first-order chi connectivity index (χ1) is 4.20. The third kappa shape index (κ3) is 6.66. The molecule has 0 N–H and O–H groups in total. The average molecular weight is 186 g/mol. The molecule has 0 aliphatic heterocycles. The molecule has 1 atom stereocenters. The Balaban J connectivity index is 0. The Morgan fingerprint density at radius 1 is 1.30 bits per heavy atom. The molecular formula is C7H17Cl2N. The zero-order chi connectivity index (χ0) is 7.28. The largest absolute Gasteiger partial charge is 0.302 e. The molecule has 0 aromatic rings. The van der Waals surface area contributed by atoms with Gasteiger partial charge in [-0.2, -0.15) is 0 Å². The second-order valence-corrected chi connectivity index (χ2v) is 3.01. The van der Waals surface area contributed by atoms with Gasteiger partial charge in [-0.15, -0.1) is 24.0 Å². The molecule has 0 saturated carbocycles. The van der Waals surface area contributed by atoms with Gasteiger partial charge in [-0.1, -0.05) is 13.8 Å². The van der Waals surface area contributed by atoms with E-state index in [1.807, 2.05) is 6.92 Å². The average Bonchev–Trinajstić information content (AvgIpc) is 1.82. The van der Waals surface area contributed by atoms with Gasteiger partial charge in [0.25, 0.3) is 0 Å². The molecular weight excluding hydrogens is 169 g/mol. The highest BCUT2D eigenvalue weighted by atomic mass is 35.5. The fraction of sp³-hybridized carbons (Fsp3) is 1.00. The summed E-state index contributed by atoms with van der Waals surface area (Å²) in [4.78, 5) is 2.32. The van der Waals surface area contributed by atoms with Crippen molar-refractivity contribution in [2.45, 2.75) is 26.1 Å². The molecule has 0 spiro atoms. The first-order valence-electron chi connectivity index (χ1n) is 3.57. The Hall–Kier alpha value is 0.540. The number of halogens is 2. The van der Waals surface area contributed by atoms with Crippen molar-refractivity contribution in [3.05, 3.63) is 0 Å². The second-order valence-electron chi connectivity index (χ2n) is 2.27. The summed E-state index contributed by atoms with van der Waals surface area (Å²) in [5.74, 6) is 0. The molecule has 1 unspecified atom stereocenters. The van der Waals surface area contributed by atoms with E-state index in [1.165, 1.54) is 0 Å². The Labute approximate surface area is 75.1 Å². The first-order valence-corrected chi connectivity index (χ1v) is 4.00. The van der Waals surface area contributed by atoms with Crippen molar-refractivity contribution in [2.75, 3.05) is 19.6 Å². The van der Waals surface area contributed by atoms with Crippen molar-refractivity contribution in [1.29, 1.82) is 0 Å². The van der Waals surface area contributed by atoms with E-state index < -0.39 is 0 Å². The van der Waals surface area contributed by atoms with E-state index >= 15 is 0 Å². The molecule has 0 fully saturated rings. The second kappa shape index (κ2) is 7.64. The van der Waals surface area contributed by atoms with Crippen LogP contribution in [0.2, 0.25) is 0 Å². The SMILES string of the molecule is CCN(CC)CC(C)Cl.Cl.